The predicted octanol–water partition coefficient (Wildman–Crippen LogP) is 5.00. The van der Waals surface area contributed by atoms with Crippen LogP contribution >= 0.6 is 11.6 Å². The Morgan fingerprint density at radius 1 is 1.20 bits per heavy atom. The molecule has 2 aliphatic heterocycles. The highest BCUT2D eigenvalue weighted by Crippen LogP contribution is 2.66. The number of pyridine rings is 1. The van der Waals surface area contributed by atoms with Gasteiger partial charge in [-0.05, 0) is 25.1 Å². The van der Waals surface area contributed by atoms with E-state index in [0.29, 0.717) is 44.1 Å². The molecule has 4 heterocycles. The number of aromatic hydroxyl groups is 2. The fourth-order valence-electron chi connectivity index (χ4n) is 6.01. The van der Waals surface area contributed by atoms with E-state index in [2.05, 4.69) is 16.4 Å². The Bertz CT molecular complexity index is 1700. The van der Waals surface area contributed by atoms with E-state index in [0.717, 1.165) is 0 Å². The number of nitrogens with one attached hydrogen (secondary N) is 1. The summed E-state index contributed by atoms with van der Waals surface area (Å²) < 4.78 is 19.4. The Morgan fingerprint density at radius 3 is 2.65 bits per heavy atom. The summed E-state index contributed by atoms with van der Waals surface area (Å²) in [4.78, 5) is 16.4. The molecule has 2 aromatic carbocycles. The van der Waals surface area contributed by atoms with Gasteiger partial charge in [-0.25, -0.2) is 9.78 Å². The SMILES string of the molecule is CNC(=O)O[C@H]1C[C@@]2(CCOc3ccc(Cl)cn3)O[C@]1(C)c1c2c(O)n(-c2ccc(C#N)c3ccccc23)c1O. The zero-order valence-corrected chi connectivity index (χ0v) is 22.4. The summed E-state index contributed by atoms with van der Waals surface area (Å²) >= 11 is 5.92. The quantitative estimate of drug-likeness (QED) is 0.299. The van der Waals surface area contributed by atoms with Gasteiger partial charge in [0.05, 0.1) is 40.1 Å². The fraction of sp³-hybridized carbons (Fsp3) is 0.276. The highest BCUT2D eigenvalue weighted by Gasteiger charge is 2.67. The number of carbonyl (C=O) groups excluding carboxylic acids is 1. The average molecular weight is 561 g/mol. The number of halogens is 1. The van der Waals surface area contributed by atoms with E-state index in [1.807, 2.05) is 24.3 Å². The van der Waals surface area contributed by atoms with Gasteiger partial charge < -0.3 is 29.7 Å². The largest absolute Gasteiger partial charge is 0.494 e. The fourth-order valence-corrected chi connectivity index (χ4v) is 6.13. The number of carbonyl (C=O) groups is 1. The lowest BCUT2D eigenvalue weighted by Crippen LogP contribution is -2.39. The van der Waals surface area contributed by atoms with Crippen LogP contribution in [0.15, 0.2) is 54.7 Å². The second-order valence-corrected chi connectivity index (χ2v) is 10.4. The maximum absolute atomic E-state index is 12.2. The lowest BCUT2D eigenvalue weighted by molar-refractivity contribution is -0.108. The molecule has 1 fully saturated rings. The number of benzene rings is 2. The number of hydrogen-bond donors (Lipinski definition) is 3. The molecule has 0 aliphatic carbocycles. The van der Waals surface area contributed by atoms with Crippen molar-refractivity contribution in [1.29, 1.82) is 5.26 Å². The third kappa shape index (κ3) is 3.73. The minimum absolute atomic E-state index is 0.155. The minimum Gasteiger partial charge on any atom is -0.494 e. The Hall–Kier alpha value is -4.46. The van der Waals surface area contributed by atoms with Gasteiger partial charge in [-0.2, -0.15) is 5.26 Å². The molecule has 0 radical (unpaired) electrons. The molecule has 1 amide bonds. The normalized spacial score (nSPS) is 22.6. The number of fused-ring (bicyclic) bond motifs is 6. The molecular weight excluding hydrogens is 536 g/mol. The van der Waals surface area contributed by atoms with E-state index in [9.17, 15) is 20.3 Å². The van der Waals surface area contributed by atoms with Gasteiger partial charge in [0.2, 0.25) is 17.6 Å². The molecule has 0 spiro atoms. The summed E-state index contributed by atoms with van der Waals surface area (Å²) in [6.45, 7) is 1.89. The Morgan fingerprint density at radius 2 is 1.95 bits per heavy atom. The Balaban J connectivity index is 1.47. The first kappa shape index (κ1) is 25.8. The second kappa shape index (κ2) is 9.33. The van der Waals surface area contributed by atoms with Crippen LogP contribution in [0.5, 0.6) is 17.6 Å². The monoisotopic (exact) mass is 560 g/mol. The number of nitrogens with zero attached hydrogens (tertiary/aromatic N) is 3. The van der Waals surface area contributed by atoms with Crippen molar-refractivity contribution < 1.29 is 29.2 Å². The van der Waals surface area contributed by atoms with Crippen LogP contribution in [0.1, 0.15) is 36.5 Å². The molecule has 2 aliphatic rings. The first-order chi connectivity index (χ1) is 19.2. The first-order valence-corrected chi connectivity index (χ1v) is 13.0. The average Bonchev–Trinajstić information content (AvgIpc) is 3.50. The van der Waals surface area contributed by atoms with Gasteiger partial charge in [0, 0.05) is 42.9 Å². The molecule has 2 bridgehead atoms. The number of aromatic nitrogens is 2. The number of ether oxygens (including phenoxy) is 3. The summed E-state index contributed by atoms with van der Waals surface area (Å²) in [6.07, 6.45) is 0.574. The van der Waals surface area contributed by atoms with Crippen molar-refractivity contribution in [2.45, 2.75) is 37.1 Å². The third-order valence-corrected chi connectivity index (χ3v) is 8.01. The van der Waals surface area contributed by atoms with Gasteiger partial charge in [-0.3, -0.25) is 4.57 Å². The minimum atomic E-state index is -1.25. The molecule has 0 saturated carbocycles. The van der Waals surface area contributed by atoms with Gasteiger partial charge >= 0.3 is 6.09 Å². The summed E-state index contributed by atoms with van der Waals surface area (Å²) in [5.41, 5.74) is -0.687. The van der Waals surface area contributed by atoms with Crippen LogP contribution in [-0.4, -0.2) is 45.6 Å². The van der Waals surface area contributed by atoms with Crippen LogP contribution in [-0.2, 0) is 20.7 Å². The molecule has 40 heavy (non-hydrogen) atoms. The predicted molar refractivity (Wildman–Crippen MR) is 145 cm³/mol. The van der Waals surface area contributed by atoms with Crippen molar-refractivity contribution in [1.82, 2.24) is 14.9 Å². The van der Waals surface area contributed by atoms with Crippen molar-refractivity contribution in [3.05, 3.63) is 76.4 Å². The summed E-state index contributed by atoms with van der Waals surface area (Å²) in [7, 11) is 1.46. The van der Waals surface area contributed by atoms with E-state index in [1.54, 1.807) is 31.2 Å². The number of amides is 1. The van der Waals surface area contributed by atoms with Crippen molar-refractivity contribution in [3.8, 4) is 29.4 Å². The topological polar surface area (TPSA) is 139 Å². The third-order valence-electron chi connectivity index (χ3n) is 7.78. The number of alkyl carbamates (subject to hydrolysis) is 1. The molecule has 2 aromatic heterocycles. The van der Waals surface area contributed by atoms with E-state index >= 15 is 0 Å². The van der Waals surface area contributed by atoms with Crippen LogP contribution in [0.2, 0.25) is 5.02 Å². The smallest absolute Gasteiger partial charge is 0.407 e. The summed E-state index contributed by atoms with van der Waals surface area (Å²) in [5, 5.41) is 37.3. The zero-order chi connectivity index (χ0) is 28.2. The molecule has 4 aromatic rings. The maximum Gasteiger partial charge on any atom is 0.407 e. The van der Waals surface area contributed by atoms with Gasteiger partial charge in [0.15, 0.2) is 0 Å². The van der Waals surface area contributed by atoms with Crippen molar-refractivity contribution in [2.75, 3.05) is 13.7 Å². The molecule has 3 atom stereocenters. The lowest BCUT2D eigenvalue weighted by Gasteiger charge is -2.29. The molecule has 10 nitrogen and oxygen atoms in total. The van der Waals surface area contributed by atoms with E-state index < -0.39 is 23.4 Å². The summed E-state index contributed by atoms with van der Waals surface area (Å²) in [5.74, 6) is -0.0713. The van der Waals surface area contributed by atoms with Crippen LogP contribution in [0, 0.1) is 11.3 Å². The lowest BCUT2D eigenvalue weighted by atomic mass is 9.76. The van der Waals surface area contributed by atoms with Crippen LogP contribution < -0.4 is 10.1 Å². The van der Waals surface area contributed by atoms with Gasteiger partial charge in [-0.15, -0.1) is 0 Å². The number of hydrogen-bond acceptors (Lipinski definition) is 8. The van der Waals surface area contributed by atoms with Gasteiger partial charge in [0.1, 0.15) is 17.3 Å². The molecule has 3 N–H and O–H groups in total. The zero-order valence-electron chi connectivity index (χ0n) is 21.6. The van der Waals surface area contributed by atoms with Crippen LogP contribution in [0.4, 0.5) is 4.79 Å². The molecule has 11 heteroatoms. The van der Waals surface area contributed by atoms with E-state index in [-0.39, 0.29) is 31.2 Å². The second-order valence-electron chi connectivity index (χ2n) is 9.99. The Labute approximate surface area is 234 Å². The first-order valence-electron chi connectivity index (χ1n) is 12.6. The molecule has 204 valence electrons. The molecular formula is C29H25ClN4O6. The standard InChI is InChI=1S/C29H25ClN4O6/c1-28-21(39-27(37)32-2)13-29(40-28,11-12-38-22-10-8-17(30)15-33-22)24-23(28)25(35)34(26(24)36)20-9-7-16(14-31)18-5-3-4-6-19(18)20/h3-10,15,21,35-36H,11-13H2,1-2H3,(H,32,37)/t21-,28-,29+/m0/s1. The molecule has 6 rings (SSSR count). The number of rotatable bonds is 6. The van der Waals surface area contributed by atoms with Crippen molar-refractivity contribution in [3.63, 3.8) is 0 Å². The highest BCUT2D eigenvalue weighted by atomic mass is 35.5. The van der Waals surface area contributed by atoms with E-state index in [1.165, 1.54) is 17.8 Å². The number of nitriles is 1. The van der Waals surface area contributed by atoms with Crippen LogP contribution in [0.25, 0.3) is 16.5 Å². The maximum atomic E-state index is 12.2. The van der Waals surface area contributed by atoms with Crippen molar-refractivity contribution >= 4 is 28.5 Å². The van der Waals surface area contributed by atoms with Crippen LogP contribution in [0.3, 0.4) is 0 Å². The van der Waals surface area contributed by atoms with E-state index in [4.69, 9.17) is 25.8 Å². The Kier molecular flexibility index (Phi) is 6.02. The van der Waals surface area contributed by atoms with Gasteiger partial charge in [0.25, 0.3) is 0 Å². The highest BCUT2D eigenvalue weighted by molar-refractivity contribution is 6.30. The molecule has 0 unspecified atom stereocenters. The van der Waals surface area contributed by atoms with Crippen molar-refractivity contribution in [2.24, 2.45) is 0 Å². The van der Waals surface area contributed by atoms with Gasteiger partial charge in [-0.1, -0.05) is 35.9 Å². The summed E-state index contributed by atoms with van der Waals surface area (Å²) in [6, 6.07) is 16.1. The molecule has 1 saturated heterocycles.